The second kappa shape index (κ2) is 5.58. The highest BCUT2D eigenvalue weighted by Crippen LogP contribution is 2.12. The van der Waals surface area contributed by atoms with Gasteiger partial charge in [-0.05, 0) is 36.7 Å². The fourth-order valence-corrected chi connectivity index (χ4v) is 1.27. The summed E-state index contributed by atoms with van der Waals surface area (Å²) in [6.45, 7) is 3.04. The van der Waals surface area contributed by atoms with Crippen LogP contribution in [0.15, 0.2) is 24.3 Å². The Kier molecular flexibility index (Phi) is 4.36. The van der Waals surface area contributed by atoms with Gasteiger partial charge in [0.15, 0.2) is 0 Å². The van der Waals surface area contributed by atoms with E-state index in [-0.39, 0.29) is 6.61 Å². The standard InChI is InChI=1S/C12H17NO/c1-10-5-6-11(9-14)8-12(10)4-3-7-13-2/h3-6,8,13-14H,7,9H2,1-2H3. The predicted molar refractivity (Wildman–Crippen MR) is 60.1 cm³/mol. The van der Waals surface area contributed by atoms with Gasteiger partial charge in [0.05, 0.1) is 6.61 Å². The summed E-state index contributed by atoms with van der Waals surface area (Å²) in [5.74, 6) is 0. The van der Waals surface area contributed by atoms with Gasteiger partial charge in [-0.25, -0.2) is 0 Å². The number of nitrogens with one attached hydrogen (secondary N) is 1. The van der Waals surface area contributed by atoms with E-state index in [2.05, 4.69) is 24.4 Å². The molecule has 0 atom stereocenters. The molecule has 0 heterocycles. The monoisotopic (exact) mass is 191 g/mol. The van der Waals surface area contributed by atoms with E-state index in [9.17, 15) is 0 Å². The number of aliphatic hydroxyl groups excluding tert-OH is 1. The summed E-state index contributed by atoms with van der Waals surface area (Å²) in [5.41, 5.74) is 3.36. The lowest BCUT2D eigenvalue weighted by Crippen LogP contribution is -2.03. The first-order valence-electron chi connectivity index (χ1n) is 4.79. The van der Waals surface area contributed by atoms with Crippen LogP contribution in [0.4, 0.5) is 0 Å². The van der Waals surface area contributed by atoms with Crippen molar-refractivity contribution in [1.82, 2.24) is 5.32 Å². The van der Waals surface area contributed by atoms with Crippen LogP contribution in [0.3, 0.4) is 0 Å². The minimum Gasteiger partial charge on any atom is -0.392 e. The van der Waals surface area contributed by atoms with Crippen molar-refractivity contribution in [2.45, 2.75) is 13.5 Å². The number of rotatable bonds is 4. The molecule has 2 nitrogen and oxygen atoms in total. The first kappa shape index (κ1) is 11.0. The Morgan fingerprint density at radius 3 is 2.86 bits per heavy atom. The fraction of sp³-hybridized carbons (Fsp3) is 0.333. The number of hydrogen-bond donors (Lipinski definition) is 2. The smallest absolute Gasteiger partial charge is 0.0682 e. The maximum atomic E-state index is 8.99. The van der Waals surface area contributed by atoms with Crippen LogP contribution < -0.4 is 5.32 Å². The molecule has 0 radical (unpaired) electrons. The molecule has 0 amide bonds. The molecular weight excluding hydrogens is 174 g/mol. The average molecular weight is 191 g/mol. The Bertz CT molecular complexity index is 318. The van der Waals surface area contributed by atoms with Gasteiger partial charge in [0.25, 0.3) is 0 Å². The van der Waals surface area contributed by atoms with E-state index in [1.165, 1.54) is 11.1 Å². The molecule has 2 N–H and O–H groups in total. The molecule has 0 spiro atoms. The second-order valence-electron chi connectivity index (χ2n) is 3.31. The van der Waals surface area contributed by atoms with Gasteiger partial charge in [-0.2, -0.15) is 0 Å². The zero-order valence-corrected chi connectivity index (χ0v) is 8.75. The molecule has 1 aromatic rings. The van der Waals surface area contributed by atoms with Crippen molar-refractivity contribution in [2.24, 2.45) is 0 Å². The van der Waals surface area contributed by atoms with Crippen LogP contribution in [0.25, 0.3) is 6.08 Å². The number of aryl methyl sites for hydroxylation is 1. The maximum Gasteiger partial charge on any atom is 0.0682 e. The van der Waals surface area contributed by atoms with Gasteiger partial charge in [0.1, 0.15) is 0 Å². The highest BCUT2D eigenvalue weighted by Gasteiger charge is 1.95. The molecule has 1 rings (SSSR count). The van der Waals surface area contributed by atoms with E-state index < -0.39 is 0 Å². The molecule has 0 aromatic heterocycles. The minimum atomic E-state index is 0.104. The first-order chi connectivity index (χ1) is 6.77. The van der Waals surface area contributed by atoms with Crippen LogP contribution >= 0.6 is 0 Å². The minimum absolute atomic E-state index is 0.104. The molecular formula is C12H17NO. The van der Waals surface area contributed by atoms with Crippen LogP contribution in [0.1, 0.15) is 16.7 Å². The summed E-state index contributed by atoms with van der Waals surface area (Å²) in [4.78, 5) is 0. The Morgan fingerprint density at radius 2 is 2.21 bits per heavy atom. The van der Waals surface area contributed by atoms with Crippen LogP contribution in [-0.2, 0) is 6.61 Å². The summed E-state index contributed by atoms with van der Waals surface area (Å²) < 4.78 is 0. The lowest BCUT2D eigenvalue weighted by molar-refractivity contribution is 0.282. The molecule has 0 saturated carbocycles. The van der Waals surface area contributed by atoms with E-state index in [1.54, 1.807) is 0 Å². The fourth-order valence-electron chi connectivity index (χ4n) is 1.27. The zero-order chi connectivity index (χ0) is 10.4. The Morgan fingerprint density at radius 1 is 1.43 bits per heavy atom. The SMILES string of the molecule is CNCC=Cc1cc(CO)ccc1C. The van der Waals surface area contributed by atoms with Crippen LogP contribution in [-0.4, -0.2) is 18.7 Å². The summed E-state index contributed by atoms with van der Waals surface area (Å²) in [5, 5.41) is 12.0. The van der Waals surface area contributed by atoms with Gasteiger partial charge in [0.2, 0.25) is 0 Å². The normalized spacial score (nSPS) is 11.1. The lowest BCUT2D eigenvalue weighted by Gasteiger charge is -2.03. The van der Waals surface area contributed by atoms with Gasteiger partial charge in [-0.3, -0.25) is 0 Å². The second-order valence-corrected chi connectivity index (χ2v) is 3.31. The van der Waals surface area contributed by atoms with Gasteiger partial charge in [-0.1, -0.05) is 24.3 Å². The third kappa shape index (κ3) is 2.98. The van der Waals surface area contributed by atoms with E-state index in [0.29, 0.717) is 0 Å². The molecule has 0 unspecified atom stereocenters. The van der Waals surface area contributed by atoms with Crippen molar-refractivity contribution in [1.29, 1.82) is 0 Å². The highest BCUT2D eigenvalue weighted by molar-refractivity contribution is 5.54. The quantitative estimate of drug-likeness (QED) is 0.759. The third-order valence-electron chi connectivity index (χ3n) is 2.15. The molecule has 76 valence electrons. The summed E-state index contributed by atoms with van der Waals surface area (Å²) in [6.07, 6.45) is 4.15. The van der Waals surface area contributed by atoms with E-state index in [0.717, 1.165) is 12.1 Å². The van der Waals surface area contributed by atoms with Crippen LogP contribution in [0, 0.1) is 6.92 Å². The number of hydrogen-bond acceptors (Lipinski definition) is 2. The van der Waals surface area contributed by atoms with E-state index >= 15 is 0 Å². The summed E-state index contributed by atoms with van der Waals surface area (Å²) in [6, 6.07) is 6.00. The Labute approximate surface area is 85.3 Å². The van der Waals surface area contributed by atoms with Crippen LogP contribution in [0.5, 0.6) is 0 Å². The van der Waals surface area contributed by atoms with Crippen LogP contribution in [0.2, 0.25) is 0 Å². The van der Waals surface area contributed by atoms with Crippen molar-refractivity contribution in [3.63, 3.8) is 0 Å². The zero-order valence-electron chi connectivity index (χ0n) is 8.75. The van der Waals surface area contributed by atoms with Crippen molar-refractivity contribution in [2.75, 3.05) is 13.6 Å². The molecule has 0 aliphatic rings. The van der Waals surface area contributed by atoms with Gasteiger partial charge < -0.3 is 10.4 Å². The Hall–Kier alpha value is -1.12. The van der Waals surface area contributed by atoms with Gasteiger partial charge in [0, 0.05) is 6.54 Å². The highest BCUT2D eigenvalue weighted by atomic mass is 16.3. The van der Waals surface area contributed by atoms with E-state index in [4.69, 9.17) is 5.11 Å². The number of benzene rings is 1. The molecule has 0 fully saturated rings. The van der Waals surface area contributed by atoms with E-state index in [1.807, 2.05) is 25.2 Å². The van der Waals surface area contributed by atoms with Gasteiger partial charge in [-0.15, -0.1) is 0 Å². The molecule has 0 aliphatic carbocycles. The van der Waals surface area contributed by atoms with Crippen molar-refractivity contribution >= 4 is 6.08 Å². The largest absolute Gasteiger partial charge is 0.392 e. The topological polar surface area (TPSA) is 32.3 Å². The number of aliphatic hydroxyl groups is 1. The summed E-state index contributed by atoms with van der Waals surface area (Å²) >= 11 is 0. The molecule has 0 aliphatic heterocycles. The maximum absolute atomic E-state index is 8.99. The predicted octanol–water partition coefficient (Wildman–Crippen LogP) is 1.72. The first-order valence-corrected chi connectivity index (χ1v) is 4.79. The molecule has 2 heteroatoms. The molecule has 1 aromatic carbocycles. The van der Waals surface area contributed by atoms with Gasteiger partial charge >= 0.3 is 0 Å². The van der Waals surface area contributed by atoms with Crippen molar-refractivity contribution in [3.05, 3.63) is 41.0 Å². The Balaban J connectivity index is 2.83. The van der Waals surface area contributed by atoms with Crippen molar-refractivity contribution in [3.8, 4) is 0 Å². The van der Waals surface area contributed by atoms with Crippen molar-refractivity contribution < 1.29 is 5.11 Å². The third-order valence-corrected chi connectivity index (χ3v) is 2.15. The number of likely N-dealkylation sites (N-methyl/N-ethyl adjacent to an activating group) is 1. The lowest BCUT2D eigenvalue weighted by atomic mass is 10.0. The average Bonchev–Trinajstić information content (AvgIpc) is 2.21. The summed E-state index contributed by atoms with van der Waals surface area (Å²) in [7, 11) is 1.92. The molecule has 14 heavy (non-hydrogen) atoms. The molecule has 0 bridgehead atoms. The molecule has 0 saturated heterocycles.